The molecule has 154 valence electrons. The van der Waals surface area contributed by atoms with E-state index >= 15 is 0 Å². The number of nitrogens with zero attached hydrogens (tertiary/aromatic N) is 3. The quantitative estimate of drug-likeness (QED) is 0.665. The summed E-state index contributed by atoms with van der Waals surface area (Å²) in [6.45, 7) is 9.42. The molecule has 1 aromatic carbocycles. The van der Waals surface area contributed by atoms with Gasteiger partial charge < -0.3 is 15.0 Å². The molecule has 1 N–H and O–H groups in total. The van der Waals surface area contributed by atoms with Gasteiger partial charge in [0.1, 0.15) is 17.2 Å². The van der Waals surface area contributed by atoms with Gasteiger partial charge in [0.15, 0.2) is 5.13 Å². The van der Waals surface area contributed by atoms with E-state index in [1.54, 1.807) is 0 Å². The van der Waals surface area contributed by atoms with Crippen molar-refractivity contribution in [3.8, 4) is 16.9 Å². The van der Waals surface area contributed by atoms with Crippen LogP contribution < -0.4 is 15.0 Å². The molecule has 30 heavy (non-hydrogen) atoms. The second kappa shape index (κ2) is 6.80. The monoisotopic (exact) mass is 420 g/mol. The summed E-state index contributed by atoms with van der Waals surface area (Å²) in [5, 5.41) is 3.92. The highest BCUT2D eigenvalue weighted by molar-refractivity contribution is 7.17. The van der Waals surface area contributed by atoms with E-state index in [4.69, 9.17) is 9.72 Å². The van der Waals surface area contributed by atoms with Gasteiger partial charge in [0.25, 0.3) is 5.91 Å². The maximum atomic E-state index is 12.5. The van der Waals surface area contributed by atoms with Crippen LogP contribution in [0.4, 0.5) is 10.8 Å². The number of hydrogen-bond acceptors (Lipinski definition) is 6. The van der Waals surface area contributed by atoms with Crippen LogP contribution in [0.5, 0.6) is 5.75 Å². The first-order chi connectivity index (χ1) is 14.3. The molecular formula is C23H24N4O2S. The third-order valence-corrected chi connectivity index (χ3v) is 6.70. The molecule has 0 unspecified atom stereocenters. The van der Waals surface area contributed by atoms with Crippen molar-refractivity contribution in [2.24, 2.45) is 0 Å². The minimum Gasteiger partial charge on any atom is -0.490 e. The third-order valence-electron chi connectivity index (χ3n) is 5.58. The van der Waals surface area contributed by atoms with Crippen molar-refractivity contribution >= 4 is 28.1 Å². The predicted octanol–water partition coefficient (Wildman–Crippen LogP) is 4.42. The fraction of sp³-hybridized carbons (Fsp3) is 0.348. The second-order valence-corrected chi connectivity index (χ2v) is 9.59. The lowest BCUT2D eigenvalue weighted by molar-refractivity contribution is 0.0901. The van der Waals surface area contributed by atoms with Crippen LogP contribution in [0.1, 0.15) is 40.5 Å². The van der Waals surface area contributed by atoms with Crippen LogP contribution in [0.15, 0.2) is 30.5 Å². The Hall–Kier alpha value is -2.93. The van der Waals surface area contributed by atoms with E-state index in [0.29, 0.717) is 13.2 Å². The lowest BCUT2D eigenvalue weighted by Crippen LogP contribution is -2.48. The largest absolute Gasteiger partial charge is 0.490 e. The number of amides is 1. The fourth-order valence-electron chi connectivity index (χ4n) is 4.08. The Balaban J connectivity index is 1.55. The van der Waals surface area contributed by atoms with Crippen molar-refractivity contribution in [2.75, 3.05) is 18.1 Å². The SMILES string of the molecule is Cc1ccc(-c2cc3c(cc2C)N(c2nc4c(s2)C(=O)NC(C)(C)C4)CCO3)cn1. The molecule has 0 aliphatic carbocycles. The van der Waals surface area contributed by atoms with Crippen LogP contribution in [-0.2, 0) is 6.42 Å². The summed E-state index contributed by atoms with van der Waals surface area (Å²) in [5.41, 5.74) is 5.94. The van der Waals surface area contributed by atoms with E-state index in [2.05, 4.69) is 40.3 Å². The number of nitrogens with one attached hydrogen (secondary N) is 1. The van der Waals surface area contributed by atoms with Crippen molar-refractivity contribution < 1.29 is 9.53 Å². The minimum absolute atomic E-state index is 0.0307. The number of aryl methyl sites for hydroxylation is 2. The molecule has 2 aliphatic rings. The molecule has 0 spiro atoms. The molecule has 0 fully saturated rings. The molecule has 4 heterocycles. The molecule has 5 rings (SSSR count). The Kier molecular flexibility index (Phi) is 4.32. The summed E-state index contributed by atoms with van der Waals surface area (Å²) in [7, 11) is 0. The topological polar surface area (TPSA) is 67.4 Å². The van der Waals surface area contributed by atoms with Gasteiger partial charge in [-0.25, -0.2) is 4.98 Å². The minimum atomic E-state index is -0.272. The van der Waals surface area contributed by atoms with Gasteiger partial charge in [-0.2, -0.15) is 0 Å². The number of carbonyl (C=O) groups is 1. The molecule has 2 aromatic heterocycles. The number of pyridine rings is 1. The Labute approximate surface area is 179 Å². The molecule has 0 atom stereocenters. The standard InChI is InChI=1S/C23H24N4O2S/c1-13-9-18-19(10-16(13)15-6-5-14(2)24-12-15)29-8-7-27(18)22-25-17-11-23(3,4)26-21(28)20(17)30-22/h5-6,9-10,12H,7-8,11H2,1-4H3,(H,26,28). The number of anilines is 2. The number of aromatic nitrogens is 2. The van der Waals surface area contributed by atoms with Crippen LogP contribution in [0.3, 0.4) is 0 Å². The molecule has 3 aromatic rings. The fourth-order valence-corrected chi connectivity index (χ4v) is 5.10. The van der Waals surface area contributed by atoms with Gasteiger partial charge in [-0.05, 0) is 57.0 Å². The maximum Gasteiger partial charge on any atom is 0.263 e. The lowest BCUT2D eigenvalue weighted by Gasteiger charge is -2.30. The van der Waals surface area contributed by atoms with E-state index in [9.17, 15) is 4.79 Å². The third kappa shape index (κ3) is 3.23. The van der Waals surface area contributed by atoms with E-state index in [1.807, 2.05) is 33.0 Å². The number of ether oxygens (including phenoxy) is 1. The molecular weight excluding hydrogens is 396 g/mol. The van der Waals surface area contributed by atoms with Crippen molar-refractivity contribution in [2.45, 2.75) is 39.7 Å². The van der Waals surface area contributed by atoms with Gasteiger partial charge in [-0.15, -0.1) is 0 Å². The van der Waals surface area contributed by atoms with Crippen molar-refractivity contribution in [3.05, 3.63) is 52.3 Å². The number of hydrogen-bond donors (Lipinski definition) is 1. The van der Waals surface area contributed by atoms with Crippen LogP contribution in [0, 0.1) is 13.8 Å². The zero-order valence-corrected chi connectivity index (χ0v) is 18.4. The summed E-state index contributed by atoms with van der Waals surface area (Å²) in [4.78, 5) is 24.7. The molecule has 2 aliphatic heterocycles. The van der Waals surface area contributed by atoms with Gasteiger partial charge in [0, 0.05) is 29.4 Å². The summed E-state index contributed by atoms with van der Waals surface area (Å²) in [6.07, 6.45) is 2.64. The van der Waals surface area contributed by atoms with Gasteiger partial charge in [0.2, 0.25) is 0 Å². The Bertz CT molecular complexity index is 1150. The predicted molar refractivity (Wildman–Crippen MR) is 119 cm³/mol. The molecule has 6 nitrogen and oxygen atoms in total. The molecule has 0 saturated heterocycles. The van der Waals surface area contributed by atoms with Gasteiger partial charge in [0.05, 0.1) is 17.9 Å². The summed E-state index contributed by atoms with van der Waals surface area (Å²) >= 11 is 1.46. The average molecular weight is 421 g/mol. The van der Waals surface area contributed by atoms with Crippen LogP contribution in [0.2, 0.25) is 0 Å². The van der Waals surface area contributed by atoms with E-state index in [0.717, 1.165) is 55.9 Å². The molecule has 0 saturated carbocycles. The highest BCUT2D eigenvalue weighted by Gasteiger charge is 2.35. The number of rotatable bonds is 2. The summed E-state index contributed by atoms with van der Waals surface area (Å²) in [5.74, 6) is 0.803. The highest BCUT2D eigenvalue weighted by Crippen LogP contribution is 2.43. The number of carbonyl (C=O) groups excluding carboxylic acids is 1. The van der Waals surface area contributed by atoms with Crippen LogP contribution >= 0.6 is 11.3 Å². The van der Waals surface area contributed by atoms with Crippen molar-refractivity contribution in [1.29, 1.82) is 0 Å². The first kappa shape index (κ1) is 19.1. The van der Waals surface area contributed by atoms with E-state index < -0.39 is 0 Å². The van der Waals surface area contributed by atoms with E-state index in [-0.39, 0.29) is 11.4 Å². The Morgan fingerprint density at radius 2 is 2.07 bits per heavy atom. The average Bonchev–Trinajstić information content (AvgIpc) is 3.11. The molecule has 7 heteroatoms. The first-order valence-corrected chi connectivity index (χ1v) is 10.9. The molecule has 0 bridgehead atoms. The number of fused-ring (bicyclic) bond motifs is 2. The second-order valence-electron chi connectivity index (χ2n) is 8.61. The zero-order chi connectivity index (χ0) is 21.0. The van der Waals surface area contributed by atoms with Gasteiger partial charge in [-0.1, -0.05) is 17.4 Å². The lowest BCUT2D eigenvalue weighted by atomic mass is 9.94. The normalized spacial score (nSPS) is 17.1. The number of benzene rings is 1. The Morgan fingerprint density at radius 1 is 1.23 bits per heavy atom. The van der Waals surface area contributed by atoms with Crippen molar-refractivity contribution in [3.63, 3.8) is 0 Å². The van der Waals surface area contributed by atoms with Crippen LogP contribution in [-0.4, -0.2) is 34.6 Å². The summed E-state index contributed by atoms with van der Waals surface area (Å²) < 4.78 is 6.01. The van der Waals surface area contributed by atoms with Crippen molar-refractivity contribution in [1.82, 2.24) is 15.3 Å². The number of thiazole rings is 1. The molecule has 0 radical (unpaired) electrons. The summed E-state index contributed by atoms with van der Waals surface area (Å²) in [6, 6.07) is 8.35. The Morgan fingerprint density at radius 3 is 2.83 bits per heavy atom. The van der Waals surface area contributed by atoms with Gasteiger partial charge in [-0.3, -0.25) is 9.78 Å². The van der Waals surface area contributed by atoms with Gasteiger partial charge >= 0.3 is 0 Å². The molecule has 1 amide bonds. The maximum absolute atomic E-state index is 12.5. The smallest absolute Gasteiger partial charge is 0.263 e. The zero-order valence-electron chi connectivity index (χ0n) is 17.6. The first-order valence-electron chi connectivity index (χ1n) is 10.1. The highest BCUT2D eigenvalue weighted by atomic mass is 32.1. The van der Waals surface area contributed by atoms with E-state index in [1.165, 1.54) is 11.3 Å². The van der Waals surface area contributed by atoms with Crippen LogP contribution in [0.25, 0.3) is 11.1 Å².